The van der Waals surface area contributed by atoms with E-state index in [9.17, 15) is 25.3 Å². The van der Waals surface area contributed by atoms with Gasteiger partial charge in [-0.1, -0.05) is 74.1 Å². The average Bonchev–Trinajstić information content (AvgIpc) is 3.96. The number of ether oxygens (including phenoxy) is 1. The zero-order valence-corrected chi connectivity index (χ0v) is 36.9. The maximum Gasteiger partial charge on any atom is 0.267 e. The molecule has 7 aliphatic rings. The molecule has 13 heteroatoms. The van der Waals surface area contributed by atoms with Crippen LogP contribution in [0.3, 0.4) is 0 Å². The first-order valence-corrected chi connectivity index (χ1v) is 26.4. The van der Waals surface area contributed by atoms with Gasteiger partial charge < -0.3 is 4.74 Å². The highest BCUT2D eigenvalue weighted by Crippen LogP contribution is 2.57. The van der Waals surface area contributed by atoms with Gasteiger partial charge in [-0.3, -0.25) is 13.3 Å². The van der Waals surface area contributed by atoms with Crippen molar-refractivity contribution in [2.24, 2.45) is 88.8 Å². The first-order valence-electron chi connectivity index (χ1n) is 21.6. The molecule has 15 unspecified atom stereocenters. The number of rotatable bonds is 13. The van der Waals surface area contributed by atoms with Gasteiger partial charge in [0.15, 0.2) is 0 Å². The molecule has 0 spiro atoms. The summed E-state index contributed by atoms with van der Waals surface area (Å²) in [6.07, 6.45) is 14.9. The Bertz CT molecular complexity index is 1390. The monoisotopic (exact) mass is 824 g/mol. The van der Waals surface area contributed by atoms with E-state index in [-0.39, 0.29) is 17.3 Å². The molecule has 6 aliphatic carbocycles. The summed E-state index contributed by atoms with van der Waals surface area (Å²) in [6.45, 7) is 18.4. The third-order valence-electron chi connectivity index (χ3n) is 15.9. The van der Waals surface area contributed by atoms with Crippen molar-refractivity contribution in [1.29, 1.82) is 0 Å². The molecule has 318 valence electrons. The lowest BCUT2D eigenvalue weighted by Crippen LogP contribution is -2.27. The molecule has 10 nitrogen and oxygen atoms in total. The van der Waals surface area contributed by atoms with Crippen LogP contribution < -0.4 is 0 Å². The standard InChI is InChI=1S/C14H26O3S.C13H24O4S.C11H20.C3H6O3S/c1-10-11(2)14-9-13(10)8-12(14)6-4-3-5-7-18(15,16)17;1-9-10(2)13-7-11(9)6-12(13)8-17-4-3-5-18(14,15)16;1-4-9-5-10-6-11(9)8(3)7(10)2;4-7(5)3-1-2-6-7/h10-14H,3-9H2,1-2H3,(H,15,16,17);9-13H,3-8H2,1-2H3,(H,14,15,16);7-11H,4-6H2,1-3H3;1-3H2. The minimum absolute atomic E-state index is 0.0723. The van der Waals surface area contributed by atoms with Crippen molar-refractivity contribution < 1.29 is 43.3 Å². The van der Waals surface area contributed by atoms with Gasteiger partial charge in [-0.25, -0.2) is 0 Å². The van der Waals surface area contributed by atoms with Crippen LogP contribution in [0.5, 0.6) is 0 Å². The minimum Gasteiger partial charge on any atom is -0.381 e. The molecule has 15 atom stereocenters. The van der Waals surface area contributed by atoms with Crippen molar-refractivity contribution in [2.45, 2.75) is 132 Å². The Hall–Kier alpha value is -0.310. The van der Waals surface area contributed by atoms with E-state index >= 15 is 0 Å². The van der Waals surface area contributed by atoms with Crippen molar-refractivity contribution in [3.8, 4) is 0 Å². The molecule has 7 fully saturated rings. The summed E-state index contributed by atoms with van der Waals surface area (Å²) >= 11 is 0. The molecule has 2 N–H and O–H groups in total. The summed E-state index contributed by atoms with van der Waals surface area (Å²) in [5, 5.41) is 0. The highest BCUT2D eigenvalue weighted by Gasteiger charge is 2.50. The van der Waals surface area contributed by atoms with Gasteiger partial charge >= 0.3 is 0 Å². The number of hydrogen-bond acceptors (Lipinski definition) is 8. The smallest absolute Gasteiger partial charge is 0.267 e. The third kappa shape index (κ3) is 13.1. The summed E-state index contributed by atoms with van der Waals surface area (Å²) in [5.74, 6) is 13.8. The van der Waals surface area contributed by atoms with E-state index in [1.807, 2.05) is 0 Å². The Labute approximate surface area is 330 Å². The van der Waals surface area contributed by atoms with Gasteiger partial charge in [-0.05, 0) is 147 Å². The average molecular weight is 825 g/mol. The molecule has 1 saturated heterocycles. The molecular formula is C41H76O10S3. The first kappa shape index (κ1) is 46.4. The lowest BCUT2D eigenvalue weighted by atomic mass is 9.74. The van der Waals surface area contributed by atoms with Crippen molar-refractivity contribution in [2.75, 3.05) is 37.1 Å². The normalized spacial score (nSPS) is 41.2. The molecule has 1 aliphatic heterocycles. The lowest BCUT2D eigenvalue weighted by molar-refractivity contribution is 0.0568. The topological polar surface area (TPSA) is 161 Å². The second-order valence-electron chi connectivity index (χ2n) is 18.8. The van der Waals surface area contributed by atoms with Gasteiger partial charge in [0, 0.05) is 13.2 Å². The van der Waals surface area contributed by atoms with Crippen LogP contribution in [0.1, 0.15) is 132 Å². The molecule has 0 aromatic carbocycles. The zero-order chi connectivity index (χ0) is 40.0. The molecule has 6 saturated carbocycles. The van der Waals surface area contributed by atoms with Crippen molar-refractivity contribution in [3.63, 3.8) is 0 Å². The molecule has 0 amide bonds. The van der Waals surface area contributed by atoms with Crippen LogP contribution in [0.2, 0.25) is 0 Å². The second kappa shape index (κ2) is 20.1. The van der Waals surface area contributed by atoms with Gasteiger partial charge in [0.25, 0.3) is 30.4 Å². The van der Waals surface area contributed by atoms with Crippen LogP contribution in [-0.4, -0.2) is 71.4 Å². The largest absolute Gasteiger partial charge is 0.381 e. The van der Waals surface area contributed by atoms with E-state index in [2.05, 4.69) is 52.6 Å². The Morgan fingerprint density at radius 3 is 1.48 bits per heavy atom. The number of unbranched alkanes of at least 4 members (excludes halogenated alkanes) is 2. The first-order chi connectivity index (χ1) is 25.2. The zero-order valence-electron chi connectivity index (χ0n) is 34.5. The van der Waals surface area contributed by atoms with Crippen LogP contribution in [-0.2, 0) is 39.3 Å². The van der Waals surface area contributed by atoms with Gasteiger partial charge in [0.1, 0.15) is 0 Å². The van der Waals surface area contributed by atoms with Crippen molar-refractivity contribution in [3.05, 3.63) is 0 Å². The molecule has 54 heavy (non-hydrogen) atoms. The van der Waals surface area contributed by atoms with E-state index in [1.54, 1.807) is 12.8 Å². The highest BCUT2D eigenvalue weighted by molar-refractivity contribution is 7.87. The quantitative estimate of drug-likeness (QED) is 0.105. The van der Waals surface area contributed by atoms with Crippen LogP contribution in [0.4, 0.5) is 0 Å². The fourth-order valence-electron chi connectivity index (χ4n) is 12.2. The Morgan fingerprint density at radius 1 is 0.611 bits per heavy atom. The number of hydrogen-bond donors (Lipinski definition) is 2. The summed E-state index contributed by atoms with van der Waals surface area (Å²) in [4.78, 5) is 0. The van der Waals surface area contributed by atoms with Crippen LogP contribution in [0.25, 0.3) is 0 Å². The lowest BCUT2D eigenvalue weighted by Gasteiger charge is -2.31. The second-order valence-corrected chi connectivity index (χ2v) is 23.7. The Balaban J connectivity index is 0.000000169. The molecule has 6 bridgehead atoms. The minimum atomic E-state index is -3.83. The van der Waals surface area contributed by atoms with Gasteiger partial charge in [0.2, 0.25) is 0 Å². The maximum atomic E-state index is 10.6. The van der Waals surface area contributed by atoms with Crippen molar-refractivity contribution >= 4 is 30.4 Å². The fraction of sp³-hybridized carbons (Fsp3) is 1.00. The predicted molar refractivity (Wildman–Crippen MR) is 215 cm³/mol. The molecule has 7 rings (SSSR count). The van der Waals surface area contributed by atoms with Gasteiger partial charge in [-0.15, -0.1) is 0 Å². The Morgan fingerprint density at radius 2 is 1.07 bits per heavy atom. The SMILES string of the molecule is CC1C2CC(CCCCCS(=O)(=O)O)C(C2)C1C.CC1C2CC(COCCCS(=O)(=O)O)C(C2)C1C.CCC1CC2CC1C(C)C2C.O=S1(=O)CCCO1. The van der Waals surface area contributed by atoms with E-state index in [1.165, 1.54) is 38.5 Å². The molecule has 0 aromatic heterocycles. The van der Waals surface area contributed by atoms with Crippen LogP contribution >= 0.6 is 0 Å². The number of fused-ring (bicyclic) bond motifs is 6. The fourth-order valence-corrected chi connectivity index (χ4v) is 14.2. The van der Waals surface area contributed by atoms with Gasteiger partial charge in [0.05, 0.1) is 23.9 Å². The van der Waals surface area contributed by atoms with E-state index in [0.717, 1.165) is 102 Å². The molecular weight excluding hydrogens is 749 g/mol. The Kier molecular flexibility index (Phi) is 17.3. The summed E-state index contributed by atoms with van der Waals surface area (Å²) < 4.78 is 89.8. The third-order valence-corrected chi connectivity index (χ3v) is 18.9. The van der Waals surface area contributed by atoms with Crippen molar-refractivity contribution in [1.82, 2.24) is 0 Å². The summed E-state index contributed by atoms with van der Waals surface area (Å²) in [7, 11) is -10.6. The van der Waals surface area contributed by atoms with Crippen LogP contribution in [0, 0.1) is 88.8 Å². The van der Waals surface area contributed by atoms with Gasteiger partial charge in [-0.2, -0.15) is 25.3 Å². The van der Waals surface area contributed by atoms with E-state index in [0.29, 0.717) is 38.4 Å². The molecule has 1 heterocycles. The maximum absolute atomic E-state index is 10.6. The molecule has 0 aromatic rings. The summed E-state index contributed by atoms with van der Waals surface area (Å²) in [6, 6.07) is 0. The van der Waals surface area contributed by atoms with E-state index in [4.69, 9.17) is 13.8 Å². The summed E-state index contributed by atoms with van der Waals surface area (Å²) in [5.41, 5.74) is 0. The van der Waals surface area contributed by atoms with E-state index < -0.39 is 30.4 Å². The highest BCUT2D eigenvalue weighted by atomic mass is 32.2. The van der Waals surface area contributed by atoms with Crippen LogP contribution in [0.15, 0.2) is 0 Å². The predicted octanol–water partition coefficient (Wildman–Crippen LogP) is 8.63. The molecule has 0 radical (unpaired) electrons.